The van der Waals surface area contributed by atoms with Gasteiger partial charge < -0.3 is 19.9 Å². The summed E-state index contributed by atoms with van der Waals surface area (Å²) < 4.78 is 16.9. The zero-order valence-corrected chi connectivity index (χ0v) is 12.5. The van der Waals surface area contributed by atoms with Gasteiger partial charge in [0.2, 0.25) is 0 Å². The highest BCUT2D eigenvalue weighted by atomic mass is 79.9. The van der Waals surface area contributed by atoms with E-state index < -0.39 is 0 Å². The number of hydrogen-bond acceptors (Lipinski definition) is 4. The monoisotopic (exact) mass is 317 g/mol. The molecule has 5 heteroatoms. The summed E-state index contributed by atoms with van der Waals surface area (Å²) >= 11 is 3.48. The molecule has 0 aliphatic rings. The average molecular weight is 318 g/mol. The Balaban J connectivity index is 2.63. The second kappa shape index (κ2) is 8.34. The Kier molecular flexibility index (Phi) is 7.08. The molecule has 0 spiro atoms. The highest BCUT2D eigenvalue weighted by Crippen LogP contribution is 2.36. The number of unbranched alkanes of at least 4 members (excludes halogenated alkanes) is 1. The zero-order chi connectivity index (χ0) is 13.4. The number of benzene rings is 1. The second-order valence-corrected chi connectivity index (χ2v) is 4.72. The molecule has 2 N–H and O–H groups in total. The number of halogens is 1. The van der Waals surface area contributed by atoms with E-state index >= 15 is 0 Å². The Morgan fingerprint density at radius 2 is 1.89 bits per heavy atom. The van der Waals surface area contributed by atoms with Crippen LogP contribution in [0.5, 0.6) is 11.5 Å². The lowest BCUT2D eigenvalue weighted by Gasteiger charge is -2.14. The van der Waals surface area contributed by atoms with Gasteiger partial charge in [-0.25, -0.2) is 0 Å². The fourth-order valence-corrected chi connectivity index (χ4v) is 2.16. The molecule has 4 nitrogen and oxygen atoms in total. The Labute approximate surface area is 117 Å². The smallest absolute Gasteiger partial charge is 0.175 e. The van der Waals surface area contributed by atoms with E-state index in [0.29, 0.717) is 18.9 Å². The summed E-state index contributed by atoms with van der Waals surface area (Å²) in [4.78, 5) is 0. The minimum atomic E-state index is 0.475. The zero-order valence-electron chi connectivity index (χ0n) is 10.9. The molecule has 0 saturated carbocycles. The van der Waals surface area contributed by atoms with Crippen molar-refractivity contribution >= 4 is 15.9 Å². The van der Waals surface area contributed by atoms with Crippen molar-refractivity contribution in [3.05, 3.63) is 22.2 Å². The summed E-state index contributed by atoms with van der Waals surface area (Å²) in [6.45, 7) is 1.87. The molecular formula is C13H20BrNO3. The summed E-state index contributed by atoms with van der Waals surface area (Å²) in [7, 11) is 3.33. The van der Waals surface area contributed by atoms with Gasteiger partial charge in [0.25, 0.3) is 0 Å². The van der Waals surface area contributed by atoms with Crippen LogP contribution < -0.4 is 15.2 Å². The van der Waals surface area contributed by atoms with Crippen molar-refractivity contribution in [1.29, 1.82) is 0 Å². The van der Waals surface area contributed by atoms with Gasteiger partial charge in [0.05, 0.1) is 18.2 Å². The first-order valence-corrected chi connectivity index (χ1v) is 6.70. The average Bonchev–Trinajstić information content (AvgIpc) is 2.39. The van der Waals surface area contributed by atoms with Crippen molar-refractivity contribution in [3.63, 3.8) is 0 Å². The largest absolute Gasteiger partial charge is 0.493 e. The second-order valence-electron chi connectivity index (χ2n) is 3.86. The molecule has 0 aromatic heterocycles. The maximum absolute atomic E-state index is 5.74. The van der Waals surface area contributed by atoms with Gasteiger partial charge in [0, 0.05) is 20.3 Å². The molecule has 0 unspecified atom stereocenters. The lowest BCUT2D eigenvalue weighted by molar-refractivity contribution is 0.183. The quantitative estimate of drug-likeness (QED) is 0.749. The van der Waals surface area contributed by atoms with Crippen LogP contribution in [0.15, 0.2) is 16.6 Å². The topological polar surface area (TPSA) is 53.7 Å². The lowest BCUT2D eigenvalue weighted by Crippen LogP contribution is -2.03. The van der Waals surface area contributed by atoms with Crippen molar-refractivity contribution < 1.29 is 14.2 Å². The summed E-state index contributed by atoms with van der Waals surface area (Å²) in [6, 6.07) is 3.85. The minimum absolute atomic E-state index is 0.475. The van der Waals surface area contributed by atoms with Gasteiger partial charge in [-0.05, 0) is 46.5 Å². The van der Waals surface area contributed by atoms with Crippen molar-refractivity contribution in [2.75, 3.05) is 27.4 Å². The van der Waals surface area contributed by atoms with E-state index in [9.17, 15) is 0 Å². The molecule has 0 heterocycles. The molecule has 0 radical (unpaired) electrons. The Bertz CT molecular complexity index is 371. The van der Waals surface area contributed by atoms with Crippen LogP contribution in [0.4, 0.5) is 0 Å². The molecule has 1 aromatic rings. The van der Waals surface area contributed by atoms with Gasteiger partial charge in [-0.2, -0.15) is 0 Å². The summed E-state index contributed by atoms with van der Waals surface area (Å²) in [5.74, 6) is 1.43. The van der Waals surface area contributed by atoms with Crippen LogP contribution in [0.1, 0.15) is 18.4 Å². The van der Waals surface area contributed by atoms with Crippen LogP contribution >= 0.6 is 15.9 Å². The fourth-order valence-electron chi connectivity index (χ4n) is 1.55. The van der Waals surface area contributed by atoms with Crippen LogP contribution in [0, 0.1) is 0 Å². The molecule has 0 aliphatic carbocycles. The van der Waals surface area contributed by atoms with Crippen LogP contribution in [-0.4, -0.2) is 27.4 Å². The fraction of sp³-hybridized carbons (Fsp3) is 0.538. The van der Waals surface area contributed by atoms with E-state index in [1.807, 2.05) is 12.1 Å². The predicted octanol–water partition coefficient (Wildman–Crippen LogP) is 2.72. The van der Waals surface area contributed by atoms with E-state index in [4.69, 9.17) is 19.9 Å². The Morgan fingerprint density at radius 3 is 2.50 bits per heavy atom. The minimum Gasteiger partial charge on any atom is -0.493 e. The molecule has 1 rings (SSSR count). The van der Waals surface area contributed by atoms with E-state index in [1.165, 1.54) is 0 Å². The number of nitrogens with two attached hydrogens (primary N) is 1. The molecule has 18 heavy (non-hydrogen) atoms. The number of rotatable bonds is 8. The Morgan fingerprint density at radius 1 is 1.17 bits per heavy atom. The first-order chi connectivity index (χ1) is 8.72. The van der Waals surface area contributed by atoms with Gasteiger partial charge in [-0.15, -0.1) is 0 Å². The molecule has 0 atom stereocenters. The predicted molar refractivity (Wildman–Crippen MR) is 75.2 cm³/mol. The van der Waals surface area contributed by atoms with Gasteiger partial charge in [0.15, 0.2) is 11.5 Å². The first kappa shape index (κ1) is 15.3. The van der Waals surface area contributed by atoms with Crippen molar-refractivity contribution in [1.82, 2.24) is 0 Å². The van der Waals surface area contributed by atoms with Crippen molar-refractivity contribution in [3.8, 4) is 11.5 Å². The highest BCUT2D eigenvalue weighted by molar-refractivity contribution is 9.10. The maximum Gasteiger partial charge on any atom is 0.175 e. The van der Waals surface area contributed by atoms with Gasteiger partial charge in [-0.3, -0.25) is 0 Å². The van der Waals surface area contributed by atoms with E-state index in [1.54, 1.807) is 14.2 Å². The highest BCUT2D eigenvalue weighted by Gasteiger charge is 2.10. The van der Waals surface area contributed by atoms with Crippen LogP contribution in [-0.2, 0) is 11.3 Å². The maximum atomic E-state index is 5.74. The van der Waals surface area contributed by atoms with Crippen molar-refractivity contribution in [2.24, 2.45) is 5.73 Å². The molecule has 0 amide bonds. The third-order valence-electron chi connectivity index (χ3n) is 2.51. The third-order valence-corrected chi connectivity index (χ3v) is 3.10. The normalized spacial score (nSPS) is 10.4. The molecule has 102 valence electrons. The molecule has 0 bridgehead atoms. The Hall–Kier alpha value is -0.780. The van der Waals surface area contributed by atoms with Gasteiger partial charge in [0.1, 0.15) is 0 Å². The third kappa shape index (κ3) is 4.48. The molecular weight excluding hydrogens is 298 g/mol. The van der Waals surface area contributed by atoms with E-state index in [0.717, 1.165) is 35.2 Å². The lowest BCUT2D eigenvalue weighted by atomic mass is 10.2. The van der Waals surface area contributed by atoms with Crippen LogP contribution in [0.25, 0.3) is 0 Å². The summed E-state index contributed by atoms with van der Waals surface area (Å²) in [5, 5.41) is 0. The number of methoxy groups -OCH3 is 2. The van der Waals surface area contributed by atoms with Crippen molar-refractivity contribution in [2.45, 2.75) is 19.4 Å². The molecule has 0 fully saturated rings. The SMILES string of the molecule is COCCCCOc1c(Br)cc(CN)cc1OC. The summed E-state index contributed by atoms with van der Waals surface area (Å²) in [5.41, 5.74) is 6.62. The summed E-state index contributed by atoms with van der Waals surface area (Å²) in [6.07, 6.45) is 1.93. The number of ether oxygens (including phenoxy) is 3. The molecule has 1 aromatic carbocycles. The van der Waals surface area contributed by atoms with Gasteiger partial charge in [-0.1, -0.05) is 0 Å². The first-order valence-electron chi connectivity index (χ1n) is 5.91. The number of hydrogen-bond donors (Lipinski definition) is 1. The van der Waals surface area contributed by atoms with E-state index in [-0.39, 0.29) is 0 Å². The van der Waals surface area contributed by atoms with Crippen LogP contribution in [0.3, 0.4) is 0 Å². The molecule has 0 aliphatic heterocycles. The van der Waals surface area contributed by atoms with Gasteiger partial charge >= 0.3 is 0 Å². The van der Waals surface area contributed by atoms with Crippen LogP contribution in [0.2, 0.25) is 0 Å². The standard InChI is InChI=1S/C13H20BrNO3/c1-16-5-3-4-6-18-13-11(14)7-10(9-15)8-12(13)17-2/h7-8H,3-6,9,15H2,1-2H3. The van der Waals surface area contributed by atoms with E-state index in [2.05, 4.69) is 15.9 Å². The molecule has 0 saturated heterocycles.